The number of carbonyl (C=O) groups is 1. The normalized spacial score (nSPS) is 11.1. The van der Waals surface area contributed by atoms with Gasteiger partial charge in [-0.1, -0.05) is 12.1 Å². The largest absolute Gasteiger partial charge is 0.489 e. The van der Waals surface area contributed by atoms with E-state index in [2.05, 4.69) is 0 Å². The van der Waals surface area contributed by atoms with Crippen molar-refractivity contribution in [3.05, 3.63) is 95.2 Å². The third kappa shape index (κ3) is 4.58. The summed E-state index contributed by atoms with van der Waals surface area (Å²) in [4.78, 5) is 10.7. The fourth-order valence-electron chi connectivity index (χ4n) is 3.57. The Hall–Kier alpha value is -3.67. The van der Waals surface area contributed by atoms with Crippen molar-refractivity contribution in [2.45, 2.75) is 26.4 Å². The molecule has 0 aliphatic heterocycles. The number of aromatic nitrogens is 1. The van der Waals surface area contributed by atoms with E-state index >= 15 is 0 Å². The van der Waals surface area contributed by atoms with Crippen LogP contribution >= 0.6 is 0 Å². The predicted octanol–water partition coefficient (Wildman–Crippen LogP) is 5.81. The van der Waals surface area contributed by atoms with Crippen molar-refractivity contribution in [2.24, 2.45) is 0 Å². The monoisotopic (exact) mass is 421 g/mol. The Morgan fingerprint density at radius 1 is 1.03 bits per heavy atom. The molecule has 0 amide bonds. The summed E-state index contributed by atoms with van der Waals surface area (Å²) in [6.07, 6.45) is 2.35. The van der Waals surface area contributed by atoms with Crippen LogP contribution < -0.4 is 4.74 Å². The first-order valence-electron chi connectivity index (χ1n) is 9.90. The highest BCUT2D eigenvalue weighted by Gasteiger charge is 2.12. The van der Waals surface area contributed by atoms with E-state index < -0.39 is 5.97 Å². The SMILES string of the molecule is Cc1cc(F)ccc1-n1ccc2cc(F)c(COc3ccc(CCC(=O)O)cc3)cc21. The van der Waals surface area contributed by atoms with Crippen LogP contribution in [0.25, 0.3) is 16.6 Å². The standard InChI is InChI=1S/C25H21F2NO3/c1-16-12-20(26)5-8-23(16)28-11-10-18-13-22(27)19(14-24(18)28)15-31-21-6-2-17(3-7-21)4-9-25(29)30/h2-3,5-8,10-14H,4,9,15H2,1H3,(H,29,30). The molecule has 0 aliphatic rings. The van der Waals surface area contributed by atoms with E-state index in [-0.39, 0.29) is 24.7 Å². The van der Waals surface area contributed by atoms with E-state index in [1.54, 1.807) is 36.4 Å². The van der Waals surface area contributed by atoms with Gasteiger partial charge < -0.3 is 14.4 Å². The number of fused-ring (bicyclic) bond motifs is 1. The van der Waals surface area contributed by atoms with E-state index in [0.717, 1.165) is 27.7 Å². The molecule has 0 spiro atoms. The highest BCUT2D eigenvalue weighted by molar-refractivity contribution is 5.83. The van der Waals surface area contributed by atoms with Gasteiger partial charge in [-0.3, -0.25) is 4.79 Å². The first-order valence-corrected chi connectivity index (χ1v) is 9.90. The number of carboxylic acid groups (broad SMARTS) is 1. The second-order valence-corrected chi connectivity index (χ2v) is 7.45. The lowest BCUT2D eigenvalue weighted by Crippen LogP contribution is -2.01. The molecule has 4 nitrogen and oxygen atoms in total. The van der Waals surface area contributed by atoms with Gasteiger partial charge in [-0.05, 0) is 73.0 Å². The number of carboxylic acids is 1. The zero-order valence-electron chi connectivity index (χ0n) is 16.9. The molecule has 0 aliphatic carbocycles. The minimum Gasteiger partial charge on any atom is -0.489 e. The molecule has 1 aromatic heterocycles. The fourth-order valence-corrected chi connectivity index (χ4v) is 3.57. The van der Waals surface area contributed by atoms with Gasteiger partial charge in [0.25, 0.3) is 0 Å². The Morgan fingerprint density at radius 2 is 1.81 bits per heavy atom. The number of nitrogens with zero attached hydrogens (tertiary/aromatic N) is 1. The maximum absolute atomic E-state index is 14.6. The van der Waals surface area contributed by atoms with E-state index in [4.69, 9.17) is 9.84 Å². The summed E-state index contributed by atoms with van der Waals surface area (Å²) in [5.41, 5.74) is 3.71. The second kappa shape index (κ2) is 8.60. The Morgan fingerprint density at radius 3 is 2.52 bits per heavy atom. The highest BCUT2D eigenvalue weighted by Crippen LogP contribution is 2.26. The highest BCUT2D eigenvalue weighted by atomic mass is 19.1. The number of aryl methyl sites for hydroxylation is 2. The molecule has 3 aromatic carbocycles. The van der Waals surface area contributed by atoms with E-state index in [1.165, 1.54) is 18.2 Å². The molecular weight excluding hydrogens is 400 g/mol. The van der Waals surface area contributed by atoms with Crippen molar-refractivity contribution in [3.63, 3.8) is 0 Å². The summed E-state index contributed by atoms with van der Waals surface area (Å²) in [6, 6.07) is 16.7. The third-order valence-corrected chi connectivity index (χ3v) is 5.22. The van der Waals surface area contributed by atoms with Crippen LogP contribution in [0.5, 0.6) is 5.75 Å². The summed E-state index contributed by atoms with van der Waals surface area (Å²) in [7, 11) is 0. The molecule has 0 atom stereocenters. The van der Waals surface area contributed by atoms with Crippen molar-refractivity contribution < 1.29 is 23.4 Å². The summed E-state index contributed by atoms with van der Waals surface area (Å²) >= 11 is 0. The number of benzene rings is 3. The Bertz CT molecular complexity index is 1250. The second-order valence-electron chi connectivity index (χ2n) is 7.45. The van der Waals surface area contributed by atoms with Crippen molar-refractivity contribution in [1.29, 1.82) is 0 Å². The van der Waals surface area contributed by atoms with Gasteiger partial charge in [-0.2, -0.15) is 0 Å². The lowest BCUT2D eigenvalue weighted by atomic mass is 10.1. The summed E-state index contributed by atoms with van der Waals surface area (Å²) in [5, 5.41) is 9.51. The predicted molar refractivity (Wildman–Crippen MR) is 115 cm³/mol. The van der Waals surface area contributed by atoms with Crippen molar-refractivity contribution in [3.8, 4) is 11.4 Å². The van der Waals surface area contributed by atoms with Gasteiger partial charge in [-0.25, -0.2) is 8.78 Å². The smallest absolute Gasteiger partial charge is 0.303 e. The van der Waals surface area contributed by atoms with Crippen molar-refractivity contribution in [1.82, 2.24) is 4.57 Å². The zero-order chi connectivity index (χ0) is 22.0. The van der Waals surface area contributed by atoms with Gasteiger partial charge in [0.15, 0.2) is 0 Å². The molecule has 1 heterocycles. The number of hydrogen-bond acceptors (Lipinski definition) is 2. The van der Waals surface area contributed by atoms with Crippen LogP contribution in [0.3, 0.4) is 0 Å². The molecule has 0 saturated carbocycles. The van der Waals surface area contributed by atoms with Crippen LogP contribution in [0.15, 0.2) is 66.9 Å². The maximum Gasteiger partial charge on any atom is 0.303 e. The molecule has 0 bridgehead atoms. The van der Waals surface area contributed by atoms with Crippen molar-refractivity contribution in [2.75, 3.05) is 0 Å². The molecular formula is C25H21F2NO3. The zero-order valence-corrected chi connectivity index (χ0v) is 16.9. The van der Waals surface area contributed by atoms with E-state index in [1.807, 2.05) is 23.8 Å². The number of hydrogen-bond donors (Lipinski definition) is 1. The molecule has 0 radical (unpaired) electrons. The Balaban J connectivity index is 1.55. The number of aliphatic carboxylic acids is 1. The number of halogens is 2. The van der Waals surface area contributed by atoms with Crippen LogP contribution in [0.4, 0.5) is 8.78 Å². The van der Waals surface area contributed by atoms with Gasteiger partial charge in [0.2, 0.25) is 0 Å². The van der Waals surface area contributed by atoms with E-state index in [0.29, 0.717) is 17.7 Å². The number of rotatable bonds is 7. The van der Waals surface area contributed by atoms with Gasteiger partial charge in [0, 0.05) is 29.3 Å². The van der Waals surface area contributed by atoms with Crippen LogP contribution in [0, 0.1) is 18.6 Å². The molecule has 0 saturated heterocycles. The molecule has 0 fully saturated rings. The Labute approximate surface area is 178 Å². The first-order chi connectivity index (χ1) is 14.9. The first kappa shape index (κ1) is 20.6. The molecule has 4 rings (SSSR count). The summed E-state index contributed by atoms with van der Waals surface area (Å²) in [5.74, 6) is -0.930. The molecule has 0 unspecified atom stereocenters. The Kier molecular flexibility index (Phi) is 5.71. The topological polar surface area (TPSA) is 51.5 Å². The minimum atomic E-state index is -0.841. The molecule has 158 valence electrons. The van der Waals surface area contributed by atoms with Gasteiger partial charge >= 0.3 is 5.97 Å². The maximum atomic E-state index is 14.6. The van der Waals surface area contributed by atoms with E-state index in [9.17, 15) is 13.6 Å². The lowest BCUT2D eigenvalue weighted by molar-refractivity contribution is -0.136. The molecule has 31 heavy (non-hydrogen) atoms. The van der Waals surface area contributed by atoms with Crippen LogP contribution in [0.2, 0.25) is 0 Å². The van der Waals surface area contributed by atoms with Crippen LogP contribution in [0.1, 0.15) is 23.1 Å². The van der Waals surface area contributed by atoms with Gasteiger partial charge in [0.1, 0.15) is 24.0 Å². The average molecular weight is 421 g/mol. The van der Waals surface area contributed by atoms with Crippen LogP contribution in [-0.2, 0) is 17.8 Å². The van der Waals surface area contributed by atoms with Gasteiger partial charge in [0.05, 0.1) is 5.52 Å². The fraction of sp³-hybridized carbons (Fsp3) is 0.160. The van der Waals surface area contributed by atoms with Crippen LogP contribution in [-0.4, -0.2) is 15.6 Å². The van der Waals surface area contributed by atoms with Gasteiger partial charge in [-0.15, -0.1) is 0 Å². The molecule has 6 heteroatoms. The summed E-state index contributed by atoms with van der Waals surface area (Å²) in [6.45, 7) is 1.88. The minimum absolute atomic E-state index is 0.0455. The molecule has 1 N–H and O–H groups in total. The average Bonchev–Trinajstić information content (AvgIpc) is 3.13. The lowest BCUT2D eigenvalue weighted by Gasteiger charge is -2.12. The third-order valence-electron chi connectivity index (χ3n) is 5.22. The summed E-state index contributed by atoms with van der Waals surface area (Å²) < 4.78 is 35.8. The number of ether oxygens (including phenoxy) is 1. The van der Waals surface area contributed by atoms with Crippen molar-refractivity contribution >= 4 is 16.9 Å². The molecule has 4 aromatic rings. The quantitative estimate of drug-likeness (QED) is 0.410.